The molecule has 7 heteroatoms. The number of ether oxygens (including phenoxy) is 1. The monoisotopic (exact) mass is 421 g/mol. The predicted octanol–water partition coefficient (Wildman–Crippen LogP) is 5.05. The maximum Gasteiger partial charge on any atom is 0.417 e. The Morgan fingerprint density at radius 3 is 2.29 bits per heavy atom. The molecule has 0 atom stereocenters. The minimum absolute atomic E-state index is 0. The molecule has 3 rings (SSSR count). The van der Waals surface area contributed by atoms with Crippen LogP contribution in [0.3, 0.4) is 0 Å². The summed E-state index contributed by atoms with van der Waals surface area (Å²) in [5.41, 5.74) is 0.268. The first-order chi connectivity index (χ1) is 10.9. The first kappa shape index (κ1) is 19.2. The molecule has 0 spiro atoms. The van der Waals surface area contributed by atoms with E-state index in [-0.39, 0.29) is 36.2 Å². The van der Waals surface area contributed by atoms with Crippen molar-refractivity contribution in [3.63, 3.8) is 0 Å². The molecule has 1 N–H and O–H groups in total. The van der Waals surface area contributed by atoms with E-state index >= 15 is 0 Å². The van der Waals surface area contributed by atoms with Crippen LogP contribution in [0.25, 0.3) is 11.1 Å². The molecule has 0 radical (unpaired) electrons. The van der Waals surface area contributed by atoms with Crippen molar-refractivity contribution in [1.82, 2.24) is 5.32 Å². The minimum atomic E-state index is -4.43. The summed E-state index contributed by atoms with van der Waals surface area (Å²) in [5, 5.41) is 3.03. The Hall–Kier alpha value is -1.08. The normalized spacial score (nSPS) is 14.8. The summed E-state index contributed by atoms with van der Waals surface area (Å²) in [6.07, 6.45) is -4.44. The van der Waals surface area contributed by atoms with Crippen molar-refractivity contribution in [2.24, 2.45) is 0 Å². The molecule has 2 aromatic rings. The van der Waals surface area contributed by atoms with Gasteiger partial charge in [-0.05, 0) is 28.8 Å². The number of nitrogens with one attached hydrogen (secondary N) is 1. The maximum atomic E-state index is 13.6. The topological polar surface area (TPSA) is 21.3 Å². The lowest BCUT2D eigenvalue weighted by Crippen LogP contribution is -2.48. The molecule has 2 nitrogen and oxygen atoms in total. The molecule has 1 fully saturated rings. The third-order valence-electron chi connectivity index (χ3n) is 3.81. The number of alkyl halides is 3. The van der Waals surface area contributed by atoms with E-state index in [9.17, 15) is 13.2 Å². The summed E-state index contributed by atoms with van der Waals surface area (Å²) in [7, 11) is 0. The van der Waals surface area contributed by atoms with Gasteiger partial charge in [0.25, 0.3) is 0 Å². The van der Waals surface area contributed by atoms with Gasteiger partial charge in [0, 0.05) is 17.6 Å². The third-order valence-corrected chi connectivity index (χ3v) is 4.34. The van der Waals surface area contributed by atoms with Crippen molar-refractivity contribution >= 4 is 28.3 Å². The predicted molar refractivity (Wildman–Crippen MR) is 93.3 cm³/mol. The van der Waals surface area contributed by atoms with Crippen LogP contribution in [0.5, 0.6) is 0 Å². The lowest BCUT2D eigenvalue weighted by atomic mass is 9.95. The van der Waals surface area contributed by atoms with Crippen molar-refractivity contribution in [1.29, 1.82) is 0 Å². The molecule has 0 bridgehead atoms. The number of rotatable bonds is 4. The van der Waals surface area contributed by atoms with Crippen LogP contribution in [0, 0.1) is 0 Å². The lowest BCUT2D eigenvalue weighted by Gasteiger charge is -2.28. The van der Waals surface area contributed by atoms with Crippen LogP contribution in [0.1, 0.15) is 11.1 Å². The first-order valence-corrected chi connectivity index (χ1v) is 8.02. The lowest BCUT2D eigenvalue weighted by molar-refractivity contribution is -0.138. The molecular weight excluding hydrogens is 407 g/mol. The molecule has 130 valence electrons. The van der Waals surface area contributed by atoms with Crippen LogP contribution in [0.15, 0.2) is 46.9 Å². The highest BCUT2D eigenvalue weighted by Gasteiger charge is 2.36. The van der Waals surface area contributed by atoms with Gasteiger partial charge in [-0.25, -0.2) is 0 Å². The first-order valence-electron chi connectivity index (χ1n) is 7.22. The van der Waals surface area contributed by atoms with Crippen LogP contribution in [0.2, 0.25) is 0 Å². The summed E-state index contributed by atoms with van der Waals surface area (Å²) in [4.78, 5) is 0. The molecule has 0 aliphatic carbocycles. The van der Waals surface area contributed by atoms with E-state index < -0.39 is 11.7 Å². The van der Waals surface area contributed by atoms with Gasteiger partial charge in [-0.3, -0.25) is 0 Å². The van der Waals surface area contributed by atoms with Gasteiger partial charge in [0.2, 0.25) is 0 Å². The quantitative estimate of drug-likeness (QED) is 0.745. The third kappa shape index (κ3) is 4.30. The summed E-state index contributed by atoms with van der Waals surface area (Å²) in [6, 6.07) is 11.4. The van der Waals surface area contributed by atoms with Gasteiger partial charge in [-0.1, -0.05) is 46.3 Å². The highest BCUT2D eigenvalue weighted by atomic mass is 79.9. The zero-order valence-electron chi connectivity index (χ0n) is 12.6. The molecule has 24 heavy (non-hydrogen) atoms. The van der Waals surface area contributed by atoms with Crippen molar-refractivity contribution in [2.75, 3.05) is 13.1 Å². The molecule has 1 saturated heterocycles. The average Bonchev–Trinajstić information content (AvgIpc) is 2.45. The van der Waals surface area contributed by atoms with Crippen LogP contribution >= 0.6 is 28.3 Å². The molecule has 0 aromatic heterocycles. The zero-order chi connectivity index (χ0) is 16.4. The van der Waals surface area contributed by atoms with Gasteiger partial charge >= 0.3 is 6.18 Å². The Morgan fingerprint density at radius 2 is 1.75 bits per heavy atom. The molecule has 0 unspecified atom stereocenters. The number of hydrogen-bond donors (Lipinski definition) is 1. The zero-order valence-corrected chi connectivity index (χ0v) is 15.0. The molecule has 1 heterocycles. The largest absolute Gasteiger partial charge is 0.417 e. The average molecular weight is 423 g/mol. The number of hydrogen-bond acceptors (Lipinski definition) is 2. The van der Waals surface area contributed by atoms with Crippen molar-refractivity contribution in [2.45, 2.75) is 18.9 Å². The number of benzene rings is 2. The standard InChI is InChI=1S/C17H15BrF3NO.ClH/c18-13-6-4-11(5-7-13)15-3-1-2-12(16(15)17(19,20)21)10-23-14-8-22-9-14;/h1-7,14,22H,8-10H2;1H. The molecule has 1 aliphatic heterocycles. The molecule has 0 amide bonds. The Bertz CT molecular complexity index is 687. The second kappa shape index (κ2) is 7.87. The Balaban J connectivity index is 0.00000208. The van der Waals surface area contributed by atoms with Gasteiger partial charge in [-0.2, -0.15) is 13.2 Å². The molecule has 2 aromatic carbocycles. The van der Waals surface area contributed by atoms with Gasteiger partial charge in [0.1, 0.15) is 0 Å². The van der Waals surface area contributed by atoms with Gasteiger partial charge < -0.3 is 10.1 Å². The summed E-state index contributed by atoms with van der Waals surface area (Å²) < 4.78 is 47.2. The Morgan fingerprint density at radius 1 is 1.08 bits per heavy atom. The fourth-order valence-electron chi connectivity index (χ4n) is 2.51. The van der Waals surface area contributed by atoms with Crippen LogP contribution in [-0.4, -0.2) is 19.2 Å². The summed E-state index contributed by atoms with van der Waals surface area (Å²) >= 11 is 3.30. The van der Waals surface area contributed by atoms with Crippen molar-refractivity contribution in [3.05, 3.63) is 58.1 Å². The molecule has 1 aliphatic rings. The number of halogens is 5. The molecular formula is C17H16BrClF3NO. The summed E-state index contributed by atoms with van der Waals surface area (Å²) in [6.45, 7) is 1.34. The van der Waals surface area contributed by atoms with Crippen molar-refractivity contribution in [3.8, 4) is 11.1 Å². The fourth-order valence-corrected chi connectivity index (χ4v) is 2.78. The van der Waals surface area contributed by atoms with E-state index in [0.29, 0.717) is 18.7 Å². The second-order valence-corrected chi connectivity index (χ2v) is 6.35. The van der Waals surface area contributed by atoms with Crippen LogP contribution in [0.4, 0.5) is 13.2 Å². The summed E-state index contributed by atoms with van der Waals surface area (Å²) in [5.74, 6) is 0. The van der Waals surface area contributed by atoms with E-state index in [4.69, 9.17) is 4.74 Å². The van der Waals surface area contributed by atoms with E-state index in [1.54, 1.807) is 30.3 Å². The second-order valence-electron chi connectivity index (χ2n) is 5.44. The molecule has 0 saturated carbocycles. The van der Waals surface area contributed by atoms with Crippen LogP contribution in [-0.2, 0) is 17.5 Å². The van der Waals surface area contributed by atoms with E-state index in [2.05, 4.69) is 21.2 Å². The van der Waals surface area contributed by atoms with Gasteiger partial charge in [-0.15, -0.1) is 12.4 Å². The highest BCUT2D eigenvalue weighted by Crippen LogP contribution is 2.40. The van der Waals surface area contributed by atoms with Crippen LogP contribution < -0.4 is 5.32 Å². The Kier molecular flexibility index (Phi) is 6.31. The fraction of sp³-hybridized carbons (Fsp3) is 0.294. The SMILES string of the molecule is Cl.FC(F)(F)c1c(COC2CNC2)cccc1-c1ccc(Br)cc1. The highest BCUT2D eigenvalue weighted by molar-refractivity contribution is 9.10. The maximum absolute atomic E-state index is 13.6. The minimum Gasteiger partial charge on any atom is -0.371 e. The van der Waals surface area contributed by atoms with Crippen molar-refractivity contribution < 1.29 is 17.9 Å². The van der Waals surface area contributed by atoms with Gasteiger partial charge in [0.15, 0.2) is 0 Å². The van der Waals surface area contributed by atoms with E-state index in [1.165, 1.54) is 12.1 Å². The smallest absolute Gasteiger partial charge is 0.371 e. The van der Waals surface area contributed by atoms with Gasteiger partial charge in [0.05, 0.1) is 18.3 Å². The van der Waals surface area contributed by atoms with E-state index in [0.717, 1.165) is 4.47 Å². The Labute approximate surface area is 152 Å². The van der Waals surface area contributed by atoms with E-state index in [1.807, 2.05) is 0 Å².